The van der Waals surface area contributed by atoms with Crippen LogP contribution in [0.25, 0.3) is 0 Å². The lowest BCUT2D eigenvalue weighted by Gasteiger charge is -2.39. The minimum Gasteiger partial charge on any atom is -0.497 e. The number of hydrogen-bond acceptors (Lipinski definition) is 15. The van der Waals surface area contributed by atoms with Gasteiger partial charge in [-0.2, -0.15) is 25.3 Å². The van der Waals surface area contributed by atoms with E-state index in [1.807, 2.05) is 42.6 Å². The van der Waals surface area contributed by atoms with Crippen molar-refractivity contribution in [3.05, 3.63) is 321 Å². The molecular formula is C82H78O7S8. The smallest absolute Gasteiger partial charge is 0.193 e. The Morgan fingerprint density at radius 2 is 0.485 bits per heavy atom. The third-order valence-corrected chi connectivity index (χ3v) is 27.8. The monoisotopic (exact) mass is 1430 g/mol. The van der Waals surface area contributed by atoms with E-state index < -0.39 is 0 Å². The number of methoxy groups -OCH3 is 2. The number of rotatable bonds is 20. The predicted molar refractivity (Wildman–Crippen MR) is 421 cm³/mol. The fourth-order valence-corrected chi connectivity index (χ4v) is 22.2. The molecule has 0 atom stereocenters. The van der Waals surface area contributed by atoms with Gasteiger partial charge in [0, 0.05) is 33.4 Å². The second-order valence-corrected chi connectivity index (χ2v) is 33.0. The van der Waals surface area contributed by atoms with E-state index in [1.54, 1.807) is 123 Å². The van der Waals surface area contributed by atoms with Crippen molar-refractivity contribution in [3.8, 4) is 34.5 Å². The van der Waals surface area contributed by atoms with Gasteiger partial charge >= 0.3 is 0 Å². The van der Waals surface area contributed by atoms with Gasteiger partial charge in [0.15, 0.2) is 17.3 Å². The molecule has 496 valence electrons. The second-order valence-electron chi connectivity index (χ2n) is 23.4. The molecule has 0 amide bonds. The number of carbonyl (C=O) groups is 3. The van der Waals surface area contributed by atoms with Crippen molar-refractivity contribution in [2.24, 2.45) is 0 Å². The Balaban J connectivity index is 0.000000190. The Labute approximate surface area is 608 Å². The van der Waals surface area contributed by atoms with E-state index in [9.17, 15) is 14.4 Å². The van der Waals surface area contributed by atoms with Crippen LogP contribution in [0.4, 0.5) is 0 Å². The first-order valence-corrected chi connectivity index (χ1v) is 39.6. The Kier molecular flexibility index (Phi) is 25.3. The molecular weight excluding hydrogens is 1350 g/mol. The second kappa shape index (κ2) is 34.3. The molecule has 3 heterocycles. The lowest BCUT2D eigenvalue weighted by molar-refractivity contribution is 0.102. The summed E-state index contributed by atoms with van der Waals surface area (Å²) in [6, 6.07) is 79.9. The summed E-state index contributed by atoms with van der Waals surface area (Å²) in [5, 5.41) is 0. The highest BCUT2D eigenvalue weighted by atomic mass is 32.2. The van der Waals surface area contributed by atoms with Gasteiger partial charge in [-0.3, -0.25) is 14.4 Å². The highest BCUT2D eigenvalue weighted by Crippen LogP contribution is 2.59. The summed E-state index contributed by atoms with van der Waals surface area (Å²) in [4.78, 5) is 38.4. The minimum atomic E-state index is -0.151. The van der Waals surface area contributed by atoms with Crippen molar-refractivity contribution in [1.29, 1.82) is 0 Å². The summed E-state index contributed by atoms with van der Waals surface area (Å²) in [7, 11) is 3.31. The number of carbonyl (C=O) groups excluding carboxylic acids is 3. The van der Waals surface area contributed by atoms with E-state index in [1.165, 1.54) is 69.7 Å². The van der Waals surface area contributed by atoms with Crippen LogP contribution in [0, 0.1) is 13.8 Å². The predicted octanol–water partition coefficient (Wildman–Crippen LogP) is 21.7. The summed E-state index contributed by atoms with van der Waals surface area (Å²) in [6.45, 7) is 4.15. The average molecular weight is 1430 g/mol. The van der Waals surface area contributed by atoms with Gasteiger partial charge in [0.2, 0.25) is 0 Å². The van der Waals surface area contributed by atoms with E-state index in [0.717, 1.165) is 63.7 Å². The van der Waals surface area contributed by atoms with Crippen molar-refractivity contribution < 1.29 is 33.3 Å². The van der Waals surface area contributed by atoms with Gasteiger partial charge in [0.1, 0.15) is 46.7 Å². The first-order chi connectivity index (χ1) is 47.3. The van der Waals surface area contributed by atoms with E-state index >= 15 is 0 Å². The van der Waals surface area contributed by atoms with E-state index in [2.05, 4.69) is 201 Å². The molecule has 3 aliphatic rings. The highest BCUT2D eigenvalue weighted by Gasteiger charge is 2.41. The summed E-state index contributed by atoms with van der Waals surface area (Å²) < 4.78 is 22.7. The molecule has 97 heavy (non-hydrogen) atoms. The lowest BCUT2D eigenvalue weighted by Crippen LogP contribution is -2.26. The SMILES string of the molecule is COc1ccc(C(=O)c2ccc(Oc3ccc(C(=O)c4ccc(C(=O)c5ccc(C)cc5)cc4)cc3)cc2)cc1.COc1ccc(C2(c3ccc(Oc4ccc(C5(c6ccc(C7(c8ccc(C)cc8)SCCCS7)cc6)SCCCS5)cc4)cc3)SCCCS2)cc1.SCCCS. The van der Waals surface area contributed by atoms with E-state index in [0.29, 0.717) is 50.6 Å². The molecule has 10 aromatic carbocycles. The van der Waals surface area contributed by atoms with Gasteiger partial charge in [0.05, 0.1) is 14.2 Å². The molecule has 0 aliphatic carbocycles. The third-order valence-electron chi connectivity index (χ3n) is 16.8. The van der Waals surface area contributed by atoms with Gasteiger partial charge in [-0.15, -0.1) is 70.6 Å². The first-order valence-electron chi connectivity index (χ1n) is 32.5. The number of aryl methyl sites for hydroxylation is 2. The molecule has 0 radical (unpaired) electrons. The summed E-state index contributed by atoms with van der Waals surface area (Å²) in [6.07, 6.45) is 4.87. The fourth-order valence-electron chi connectivity index (χ4n) is 11.5. The number of thiol groups is 2. The van der Waals surface area contributed by atoms with Crippen LogP contribution in [0.2, 0.25) is 0 Å². The maximum absolute atomic E-state index is 13.0. The van der Waals surface area contributed by atoms with E-state index in [-0.39, 0.29) is 29.6 Å². The normalized spacial score (nSPS) is 15.2. The number of ether oxygens (including phenoxy) is 4. The molecule has 3 aliphatic heterocycles. The molecule has 0 spiro atoms. The highest BCUT2D eigenvalue weighted by molar-refractivity contribution is 8.19. The van der Waals surface area contributed by atoms with Crippen LogP contribution in [0.3, 0.4) is 0 Å². The summed E-state index contributed by atoms with van der Waals surface area (Å²) in [5.74, 6) is 13.0. The summed E-state index contributed by atoms with van der Waals surface area (Å²) in [5.41, 5.74) is 13.8. The van der Waals surface area contributed by atoms with Crippen LogP contribution >= 0.6 is 95.8 Å². The van der Waals surface area contributed by atoms with Gasteiger partial charge in [-0.25, -0.2) is 0 Å². The van der Waals surface area contributed by atoms with Gasteiger partial charge in [-0.1, -0.05) is 145 Å². The standard InChI is InChI=1S/C44H44O2S6.C35H26O5.C3H8S2/c1-32-6-8-33(9-7-32)42(47-26-3-27-48-42)34-10-12-35(13-11-34)43(49-28-4-29-50-43)37-16-22-40(23-17-37)46-41-24-18-38(19-25-41)44(51-30-5-31-52-44)36-14-20-39(45-2)21-15-36;1-23-3-5-24(6-4-23)33(36)25-7-9-26(10-8-25)34(37)28-13-19-31(20-14-28)40-32-21-15-29(16-22-32)35(38)27-11-17-30(39-2)18-12-27;4-2-1-3-5/h6-25H,3-5,26-31H2,1-2H3;3-22H,1-2H3;4-5H,1-3H2. The molecule has 3 saturated heterocycles. The van der Waals surface area contributed by atoms with Crippen LogP contribution in [-0.4, -0.2) is 77.6 Å². The summed E-state index contributed by atoms with van der Waals surface area (Å²) >= 11 is 20.3. The zero-order valence-electron chi connectivity index (χ0n) is 54.8. The largest absolute Gasteiger partial charge is 0.497 e. The van der Waals surface area contributed by atoms with Crippen molar-refractivity contribution in [1.82, 2.24) is 0 Å². The van der Waals surface area contributed by atoms with Crippen LogP contribution < -0.4 is 18.9 Å². The molecule has 0 saturated carbocycles. The quantitative estimate of drug-likeness (QED) is 0.0561. The molecule has 7 nitrogen and oxygen atoms in total. The van der Waals surface area contributed by atoms with Crippen LogP contribution in [-0.2, 0) is 12.2 Å². The number of ketones is 3. The van der Waals surface area contributed by atoms with Crippen molar-refractivity contribution in [2.45, 2.75) is 51.8 Å². The van der Waals surface area contributed by atoms with E-state index in [4.69, 9.17) is 18.9 Å². The Bertz CT molecular complexity index is 4170. The zero-order chi connectivity index (χ0) is 67.6. The van der Waals surface area contributed by atoms with Gasteiger partial charge < -0.3 is 18.9 Å². The molecule has 0 aromatic heterocycles. The molecule has 3 fully saturated rings. The molecule has 13 rings (SSSR count). The fraction of sp³-hybridized carbons (Fsp3) is 0.232. The zero-order valence-corrected chi connectivity index (χ0v) is 61.5. The van der Waals surface area contributed by atoms with Crippen LogP contribution in [0.1, 0.15) is 118 Å². The topological polar surface area (TPSA) is 88.1 Å². The van der Waals surface area contributed by atoms with Crippen LogP contribution in [0.5, 0.6) is 34.5 Å². The Morgan fingerprint density at radius 1 is 0.299 bits per heavy atom. The van der Waals surface area contributed by atoms with Gasteiger partial charge in [-0.05, 0) is 228 Å². The molecule has 10 aromatic rings. The van der Waals surface area contributed by atoms with Crippen LogP contribution in [0.15, 0.2) is 243 Å². The number of benzene rings is 10. The average Bonchev–Trinajstić information content (AvgIpc) is 0.767. The molecule has 0 bridgehead atoms. The maximum atomic E-state index is 13.0. The first kappa shape index (κ1) is 71.5. The van der Waals surface area contributed by atoms with Crippen molar-refractivity contribution in [2.75, 3.05) is 60.2 Å². The third kappa shape index (κ3) is 17.4. The number of hydrogen-bond donors (Lipinski definition) is 2. The van der Waals surface area contributed by atoms with Crippen molar-refractivity contribution >= 4 is 113 Å². The molecule has 15 heteroatoms. The minimum absolute atomic E-state index is 0.0496. The van der Waals surface area contributed by atoms with Crippen molar-refractivity contribution in [3.63, 3.8) is 0 Å². The Morgan fingerprint density at radius 3 is 0.722 bits per heavy atom. The van der Waals surface area contributed by atoms with Gasteiger partial charge in [0.25, 0.3) is 0 Å². The number of thioether (sulfide) groups is 6. The molecule has 0 unspecified atom stereocenters. The Hall–Kier alpha value is -6.79. The molecule has 0 N–H and O–H groups in total. The maximum Gasteiger partial charge on any atom is 0.193 e. The lowest BCUT2D eigenvalue weighted by atomic mass is 9.98.